The highest BCUT2D eigenvalue weighted by molar-refractivity contribution is 7.99. The van der Waals surface area contributed by atoms with Crippen LogP contribution in [0.1, 0.15) is 13.8 Å². The first-order chi connectivity index (χ1) is 8.15. The van der Waals surface area contributed by atoms with Gasteiger partial charge >= 0.3 is 0 Å². The minimum absolute atomic E-state index is 0.496. The summed E-state index contributed by atoms with van der Waals surface area (Å²) in [4.78, 5) is 9.36. The second-order valence-electron chi connectivity index (χ2n) is 4.02. The van der Waals surface area contributed by atoms with Crippen LogP contribution in [0.15, 0.2) is 41.6 Å². The molecule has 2 aromatic rings. The molecule has 0 unspecified atom stereocenters. The van der Waals surface area contributed by atoms with Gasteiger partial charge in [0.25, 0.3) is 0 Å². The van der Waals surface area contributed by atoms with Crippen molar-refractivity contribution >= 4 is 17.6 Å². The maximum absolute atomic E-state index is 5.64. The van der Waals surface area contributed by atoms with E-state index in [4.69, 9.17) is 5.73 Å². The van der Waals surface area contributed by atoms with E-state index in [-0.39, 0.29) is 0 Å². The fourth-order valence-corrected chi connectivity index (χ4v) is 2.34. The molecule has 0 bridgehead atoms. The summed E-state index contributed by atoms with van der Waals surface area (Å²) in [6.45, 7) is 4.37. The van der Waals surface area contributed by atoms with E-state index < -0.39 is 0 Å². The van der Waals surface area contributed by atoms with Crippen molar-refractivity contribution in [2.45, 2.75) is 24.0 Å². The molecule has 17 heavy (non-hydrogen) atoms. The lowest BCUT2D eigenvalue weighted by molar-refractivity contribution is 1.11. The van der Waals surface area contributed by atoms with Crippen LogP contribution in [0.25, 0.3) is 11.3 Å². The third kappa shape index (κ3) is 3.20. The molecule has 0 spiro atoms. The molecule has 1 aromatic heterocycles. The number of hydrogen-bond donors (Lipinski definition) is 1. The van der Waals surface area contributed by atoms with E-state index in [1.54, 1.807) is 6.07 Å². The Bertz CT molecular complexity index is 494. The van der Waals surface area contributed by atoms with Crippen molar-refractivity contribution in [2.24, 2.45) is 0 Å². The van der Waals surface area contributed by atoms with Gasteiger partial charge in [0.15, 0.2) is 0 Å². The van der Waals surface area contributed by atoms with E-state index in [2.05, 4.69) is 48.1 Å². The number of nitrogens with two attached hydrogens (primary N) is 1. The lowest BCUT2D eigenvalue weighted by atomic mass is 10.1. The van der Waals surface area contributed by atoms with E-state index in [9.17, 15) is 0 Å². The number of hydrogen-bond acceptors (Lipinski definition) is 4. The fourth-order valence-electron chi connectivity index (χ4n) is 1.51. The van der Waals surface area contributed by atoms with E-state index in [0.29, 0.717) is 11.1 Å². The van der Waals surface area contributed by atoms with Crippen LogP contribution < -0.4 is 5.73 Å². The molecule has 88 valence electrons. The van der Waals surface area contributed by atoms with Crippen LogP contribution in [0, 0.1) is 0 Å². The zero-order valence-corrected chi connectivity index (χ0v) is 10.7. The van der Waals surface area contributed by atoms with Gasteiger partial charge in [0.1, 0.15) is 12.1 Å². The fraction of sp³-hybridized carbons (Fsp3) is 0.231. The Morgan fingerprint density at radius 3 is 2.41 bits per heavy atom. The lowest BCUT2D eigenvalue weighted by Crippen LogP contribution is -1.92. The molecule has 0 radical (unpaired) electrons. The van der Waals surface area contributed by atoms with E-state index in [1.165, 1.54) is 11.2 Å². The topological polar surface area (TPSA) is 51.8 Å². The first-order valence-corrected chi connectivity index (χ1v) is 6.38. The number of anilines is 1. The largest absolute Gasteiger partial charge is 0.384 e. The molecular weight excluding hydrogens is 230 g/mol. The van der Waals surface area contributed by atoms with Gasteiger partial charge in [0.2, 0.25) is 0 Å². The van der Waals surface area contributed by atoms with Crippen molar-refractivity contribution in [1.29, 1.82) is 0 Å². The zero-order chi connectivity index (χ0) is 12.3. The molecule has 4 heteroatoms. The molecule has 2 N–H and O–H groups in total. The van der Waals surface area contributed by atoms with Crippen molar-refractivity contribution < 1.29 is 0 Å². The quantitative estimate of drug-likeness (QED) is 0.843. The Hall–Kier alpha value is -1.55. The molecule has 0 fully saturated rings. The summed E-state index contributed by atoms with van der Waals surface area (Å²) in [6.07, 6.45) is 1.49. The van der Waals surface area contributed by atoms with Crippen molar-refractivity contribution in [2.75, 3.05) is 5.73 Å². The number of thioether (sulfide) groups is 1. The number of nitrogens with zero attached hydrogens (tertiary/aromatic N) is 2. The molecule has 0 saturated carbocycles. The predicted octanol–water partition coefficient (Wildman–Crippen LogP) is 3.23. The van der Waals surface area contributed by atoms with Gasteiger partial charge in [-0.2, -0.15) is 0 Å². The monoisotopic (exact) mass is 245 g/mol. The summed E-state index contributed by atoms with van der Waals surface area (Å²) in [5.41, 5.74) is 7.56. The number of rotatable bonds is 3. The maximum atomic E-state index is 5.64. The Labute approximate surface area is 105 Å². The summed E-state index contributed by atoms with van der Waals surface area (Å²) < 4.78 is 0. The van der Waals surface area contributed by atoms with Crippen LogP contribution in [0.3, 0.4) is 0 Å². The van der Waals surface area contributed by atoms with Gasteiger partial charge in [0, 0.05) is 21.8 Å². The number of nitrogen functional groups attached to an aromatic ring is 1. The van der Waals surface area contributed by atoms with Gasteiger partial charge < -0.3 is 5.73 Å². The molecule has 0 aliphatic heterocycles. The molecule has 1 heterocycles. The van der Waals surface area contributed by atoms with Gasteiger partial charge in [0.05, 0.1) is 5.69 Å². The molecule has 0 atom stereocenters. The van der Waals surface area contributed by atoms with Crippen molar-refractivity contribution in [3.8, 4) is 11.3 Å². The van der Waals surface area contributed by atoms with Crippen LogP contribution >= 0.6 is 11.8 Å². The van der Waals surface area contributed by atoms with Crippen LogP contribution in [-0.4, -0.2) is 15.2 Å². The van der Waals surface area contributed by atoms with Crippen molar-refractivity contribution in [1.82, 2.24) is 9.97 Å². The highest BCUT2D eigenvalue weighted by Crippen LogP contribution is 2.25. The molecule has 0 aliphatic rings. The van der Waals surface area contributed by atoms with Crippen LogP contribution in [0.4, 0.5) is 5.82 Å². The smallest absolute Gasteiger partial charge is 0.127 e. The lowest BCUT2D eigenvalue weighted by Gasteiger charge is -2.06. The molecule has 0 amide bonds. The number of benzene rings is 1. The minimum atomic E-state index is 0.496. The van der Waals surface area contributed by atoms with E-state index >= 15 is 0 Å². The Balaban J connectivity index is 2.23. The van der Waals surface area contributed by atoms with Crippen molar-refractivity contribution in [3.05, 3.63) is 36.7 Å². The average Bonchev–Trinajstić information content (AvgIpc) is 2.29. The molecule has 1 aromatic carbocycles. The summed E-state index contributed by atoms with van der Waals surface area (Å²) in [5.74, 6) is 0.496. The first kappa shape index (κ1) is 11.9. The highest BCUT2D eigenvalue weighted by atomic mass is 32.2. The van der Waals surface area contributed by atoms with Gasteiger partial charge in [-0.1, -0.05) is 26.0 Å². The number of aromatic nitrogens is 2. The third-order valence-corrected chi connectivity index (χ3v) is 3.23. The zero-order valence-electron chi connectivity index (χ0n) is 9.92. The van der Waals surface area contributed by atoms with Crippen LogP contribution in [-0.2, 0) is 0 Å². The normalized spacial score (nSPS) is 10.8. The SMILES string of the molecule is CC(C)Sc1ccc(-c2cc(N)ncn2)cc1. The summed E-state index contributed by atoms with van der Waals surface area (Å²) in [5, 5.41) is 0.593. The second-order valence-corrected chi connectivity index (χ2v) is 5.67. The minimum Gasteiger partial charge on any atom is -0.384 e. The van der Waals surface area contributed by atoms with Crippen molar-refractivity contribution in [3.63, 3.8) is 0 Å². The Kier molecular flexibility index (Phi) is 3.64. The second kappa shape index (κ2) is 5.19. The van der Waals surface area contributed by atoms with Gasteiger partial charge in [-0.3, -0.25) is 0 Å². The molecule has 2 rings (SSSR count). The summed E-state index contributed by atoms with van der Waals surface area (Å²) in [6, 6.07) is 10.1. The maximum Gasteiger partial charge on any atom is 0.127 e. The Morgan fingerprint density at radius 1 is 1.12 bits per heavy atom. The standard InChI is InChI=1S/C13H15N3S/c1-9(2)17-11-5-3-10(4-6-11)12-7-13(14)16-8-15-12/h3-9H,1-2H3,(H2,14,15,16). The molecule has 3 nitrogen and oxygen atoms in total. The Morgan fingerprint density at radius 2 is 1.82 bits per heavy atom. The van der Waals surface area contributed by atoms with E-state index in [1.807, 2.05) is 11.8 Å². The predicted molar refractivity (Wildman–Crippen MR) is 72.9 cm³/mol. The molecule has 0 aliphatic carbocycles. The third-order valence-electron chi connectivity index (χ3n) is 2.21. The van der Waals surface area contributed by atoms with E-state index in [0.717, 1.165) is 11.3 Å². The first-order valence-electron chi connectivity index (χ1n) is 5.50. The van der Waals surface area contributed by atoms with Crippen LogP contribution in [0.5, 0.6) is 0 Å². The van der Waals surface area contributed by atoms with Gasteiger partial charge in [-0.05, 0) is 12.1 Å². The molecular formula is C13H15N3S. The van der Waals surface area contributed by atoms with Gasteiger partial charge in [-0.15, -0.1) is 11.8 Å². The molecule has 0 saturated heterocycles. The summed E-state index contributed by atoms with van der Waals surface area (Å²) >= 11 is 1.85. The summed E-state index contributed by atoms with van der Waals surface area (Å²) in [7, 11) is 0. The van der Waals surface area contributed by atoms with Gasteiger partial charge in [-0.25, -0.2) is 9.97 Å². The highest BCUT2D eigenvalue weighted by Gasteiger charge is 2.02. The van der Waals surface area contributed by atoms with Crippen LogP contribution in [0.2, 0.25) is 0 Å². The average molecular weight is 245 g/mol.